The molecule has 0 fully saturated rings. The van der Waals surface area contributed by atoms with Crippen molar-refractivity contribution < 1.29 is 0 Å². The van der Waals surface area contributed by atoms with Crippen LogP contribution in [0.5, 0.6) is 0 Å². The molecule has 0 aliphatic rings. The van der Waals surface area contributed by atoms with E-state index in [4.69, 9.17) is 11.0 Å². The Labute approximate surface area is 207 Å². The number of aryl methyl sites for hydroxylation is 4. The molecule has 0 unspecified atom stereocenters. The molecular formula is C25H27N11. The summed E-state index contributed by atoms with van der Waals surface area (Å²) >= 11 is 0. The maximum absolute atomic E-state index is 8.60. The molecule has 6 rings (SSSR count). The normalized spacial score (nSPS) is 10.6. The molecule has 6 aromatic rings. The first-order valence-electron chi connectivity index (χ1n) is 11.4. The first-order valence-corrected chi connectivity index (χ1v) is 11.4. The van der Waals surface area contributed by atoms with E-state index < -0.39 is 0 Å². The minimum absolute atomic E-state index is 0.548. The molecule has 0 bridgehead atoms. The van der Waals surface area contributed by atoms with Crippen LogP contribution in [0, 0.1) is 11.3 Å². The molecule has 36 heavy (non-hydrogen) atoms. The Balaban J connectivity index is 0.000000127. The number of hydrogen-bond donors (Lipinski definition) is 1. The largest absolute Gasteiger partial charge is 0.326 e. The highest BCUT2D eigenvalue weighted by molar-refractivity contribution is 5.76. The summed E-state index contributed by atoms with van der Waals surface area (Å²) in [5, 5.41) is 32.2. The third-order valence-corrected chi connectivity index (χ3v) is 5.73. The van der Waals surface area contributed by atoms with Crippen molar-refractivity contribution in [2.75, 3.05) is 0 Å². The van der Waals surface area contributed by atoms with Gasteiger partial charge in [-0.3, -0.25) is 0 Å². The van der Waals surface area contributed by atoms with Crippen LogP contribution >= 0.6 is 0 Å². The third kappa shape index (κ3) is 5.18. The number of aromatic nitrogens is 9. The quantitative estimate of drug-likeness (QED) is 0.398. The average molecular weight is 482 g/mol. The van der Waals surface area contributed by atoms with Gasteiger partial charge in [0.05, 0.1) is 28.2 Å². The second-order valence-electron chi connectivity index (χ2n) is 8.16. The Hall–Kier alpha value is -4.69. The van der Waals surface area contributed by atoms with Gasteiger partial charge >= 0.3 is 0 Å². The van der Waals surface area contributed by atoms with Crippen LogP contribution in [0.1, 0.15) is 23.6 Å². The van der Waals surface area contributed by atoms with Crippen molar-refractivity contribution in [1.82, 2.24) is 45.0 Å². The molecule has 0 aliphatic carbocycles. The van der Waals surface area contributed by atoms with Crippen molar-refractivity contribution >= 4 is 33.1 Å². The van der Waals surface area contributed by atoms with E-state index in [0.717, 1.165) is 45.1 Å². The molecule has 3 aromatic carbocycles. The lowest BCUT2D eigenvalue weighted by molar-refractivity contribution is 0.736. The lowest BCUT2D eigenvalue weighted by atomic mass is 10.1. The molecule has 11 nitrogen and oxygen atoms in total. The summed E-state index contributed by atoms with van der Waals surface area (Å²) in [5.74, 6) is 0. The summed E-state index contributed by atoms with van der Waals surface area (Å²) < 4.78 is 5.21. The summed E-state index contributed by atoms with van der Waals surface area (Å²) in [6.45, 7) is 2.68. The number of benzene rings is 3. The summed E-state index contributed by atoms with van der Waals surface area (Å²) in [5.41, 5.74) is 14.2. The molecule has 3 heterocycles. The SMILES string of the molecule is CCc1ccc2c(c1)nnn2C.Cn1nnc2cc(C#N)ccc21.Cn1nnc2cc(CN)ccc21. The zero-order valence-electron chi connectivity index (χ0n) is 20.7. The van der Waals surface area contributed by atoms with Gasteiger partial charge in [0.25, 0.3) is 0 Å². The number of nitrogens with two attached hydrogens (primary N) is 1. The fourth-order valence-electron chi connectivity index (χ4n) is 3.63. The van der Waals surface area contributed by atoms with Gasteiger partial charge in [0.15, 0.2) is 0 Å². The van der Waals surface area contributed by atoms with Crippen LogP contribution in [0.25, 0.3) is 33.1 Å². The second-order valence-corrected chi connectivity index (χ2v) is 8.16. The van der Waals surface area contributed by atoms with E-state index >= 15 is 0 Å². The molecule has 3 aromatic heterocycles. The number of nitriles is 1. The second kappa shape index (κ2) is 10.7. The molecule has 11 heteroatoms. The van der Waals surface area contributed by atoms with Crippen LogP contribution in [0.4, 0.5) is 0 Å². The van der Waals surface area contributed by atoms with Crippen LogP contribution in [0.15, 0.2) is 54.6 Å². The zero-order valence-corrected chi connectivity index (χ0v) is 20.7. The number of rotatable bonds is 2. The smallest absolute Gasteiger partial charge is 0.114 e. The predicted molar refractivity (Wildman–Crippen MR) is 138 cm³/mol. The summed E-state index contributed by atoms with van der Waals surface area (Å²) in [7, 11) is 5.60. The minimum atomic E-state index is 0.548. The Kier molecular flexibility index (Phi) is 7.27. The minimum Gasteiger partial charge on any atom is -0.326 e. The third-order valence-electron chi connectivity index (χ3n) is 5.73. The summed E-state index contributed by atoms with van der Waals surface area (Å²) in [6, 6.07) is 19.6. The van der Waals surface area contributed by atoms with Gasteiger partial charge in [0.2, 0.25) is 0 Å². The van der Waals surface area contributed by atoms with Gasteiger partial charge in [-0.2, -0.15) is 5.26 Å². The maximum Gasteiger partial charge on any atom is 0.114 e. The molecule has 182 valence electrons. The van der Waals surface area contributed by atoms with Crippen molar-refractivity contribution in [3.63, 3.8) is 0 Å². The van der Waals surface area contributed by atoms with Crippen LogP contribution in [0.3, 0.4) is 0 Å². The van der Waals surface area contributed by atoms with Crippen LogP contribution in [-0.2, 0) is 34.1 Å². The highest BCUT2D eigenvalue weighted by Gasteiger charge is 2.02. The molecule has 0 saturated carbocycles. The van der Waals surface area contributed by atoms with Crippen molar-refractivity contribution in [2.45, 2.75) is 19.9 Å². The van der Waals surface area contributed by atoms with E-state index in [1.807, 2.05) is 45.4 Å². The number of fused-ring (bicyclic) bond motifs is 3. The molecule has 0 amide bonds. The average Bonchev–Trinajstić information content (AvgIpc) is 3.60. The van der Waals surface area contributed by atoms with E-state index in [1.54, 1.807) is 26.2 Å². The van der Waals surface area contributed by atoms with E-state index in [9.17, 15) is 0 Å². The van der Waals surface area contributed by atoms with Gasteiger partial charge in [-0.05, 0) is 60.0 Å². The fraction of sp³-hybridized carbons (Fsp3) is 0.240. The van der Waals surface area contributed by atoms with Crippen LogP contribution in [0.2, 0.25) is 0 Å². The van der Waals surface area contributed by atoms with Crippen molar-refractivity contribution in [3.05, 3.63) is 71.3 Å². The molecule has 0 atom stereocenters. The molecule has 0 radical (unpaired) electrons. The van der Waals surface area contributed by atoms with E-state index in [2.05, 4.69) is 62.1 Å². The Bertz CT molecular complexity index is 1590. The van der Waals surface area contributed by atoms with E-state index in [-0.39, 0.29) is 0 Å². The van der Waals surface area contributed by atoms with Gasteiger partial charge in [-0.1, -0.05) is 34.7 Å². The molecule has 2 N–H and O–H groups in total. The molecular weight excluding hydrogens is 454 g/mol. The monoisotopic (exact) mass is 481 g/mol. The highest BCUT2D eigenvalue weighted by atomic mass is 15.4. The number of hydrogen-bond acceptors (Lipinski definition) is 8. The summed E-state index contributed by atoms with van der Waals surface area (Å²) in [4.78, 5) is 0. The molecule has 0 saturated heterocycles. The topological polar surface area (TPSA) is 142 Å². The van der Waals surface area contributed by atoms with E-state index in [1.165, 1.54) is 5.56 Å². The van der Waals surface area contributed by atoms with E-state index in [0.29, 0.717) is 12.1 Å². The van der Waals surface area contributed by atoms with Gasteiger partial charge < -0.3 is 5.73 Å². The predicted octanol–water partition coefficient (Wildman–Crippen LogP) is 2.80. The Morgan fingerprint density at radius 3 is 1.61 bits per heavy atom. The van der Waals surface area contributed by atoms with Crippen LogP contribution in [-0.4, -0.2) is 45.0 Å². The fourth-order valence-corrected chi connectivity index (χ4v) is 3.63. The Morgan fingerprint density at radius 2 is 1.14 bits per heavy atom. The first-order chi connectivity index (χ1) is 17.4. The van der Waals surface area contributed by atoms with Gasteiger partial charge in [0, 0.05) is 27.7 Å². The highest BCUT2D eigenvalue weighted by Crippen LogP contribution is 2.13. The summed E-state index contributed by atoms with van der Waals surface area (Å²) in [6.07, 6.45) is 1.05. The molecule has 0 spiro atoms. The Morgan fingerprint density at radius 1 is 0.694 bits per heavy atom. The lowest BCUT2D eigenvalue weighted by Gasteiger charge is -1.95. The van der Waals surface area contributed by atoms with Gasteiger partial charge in [-0.25, -0.2) is 14.0 Å². The van der Waals surface area contributed by atoms with Gasteiger partial charge in [-0.15, -0.1) is 15.3 Å². The lowest BCUT2D eigenvalue weighted by Crippen LogP contribution is -1.95. The maximum atomic E-state index is 8.60. The van der Waals surface area contributed by atoms with Crippen molar-refractivity contribution in [2.24, 2.45) is 26.9 Å². The molecule has 0 aliphatic heterocycles. The standard InChI is InChI=1S/C9H11N3.C8H10N4.C8H6N4/c1-3-7-4-5-9-8(6-7)10-11-12(9)2;2*1-12-8-3-2-6(5-9)4-7(8)10-11-12/h4-6H,3H2,1-2H3;2-4H,5,9H2,1H3;2-4H,1H3. The van der Waals surface area contributed by atoms with Crippen molar-refractivity contribution in [3.8, 4) is 6.07 Å². The first kappa shape index (κ1) is 24.4. The van der Waals surface area contributed by atoms with Crippen molar-refractivity contribution in [1.29, 1.82) is 5.26 Å². The van der Waals surface area contributed by atoms with Gasteiger partial charge in [0.1, 0.15) is 16.6 Å². The number of nitrogens with zero attached hydrogens (tertiary/aromatic N) is 10. The van der Waals surface area contributed by atoms with Crippen LogP contribution < -0.4 is 5.73 Å². The zero-order chi connectivity index (χ0) is 25.7.